The Balaban J connectivity index is 2.89. The van der Waals surface area contributed by atoms with E-state index in [9.17, 15) is 13.2 Å². The van der Waals surface area contributed by atoms with E-state index in [2.05, 4.69) is 21.2 Å². The molecule has 0 aliphatic rings. The summed E-state index contributed by atoms with van der Waals surface area (Å²) in [4.78, 5) is 1.36. The van der Waals surface area contributed by atoms with Crippen LogP contribution in [0.15, 0.2) is 22.7 Å². The van der Waals surface area contributed by atoms with E-state index in [-0.39, 0.29) is 0 Å². The second-order valence-corrected chi connectivity index (χ2v) is 5.45. The first-order valence-corrected chi connectivity index (χ1v) is 7.47. The first-order valence-electron chi connectivity index (χ1n) is 6.68. The summed E-state index contributed by atoms with van der Waals surface area (Å²) in [5.74, 6) is 0. The first kappa shape index (κ1) is 17.3. The maximum atomic E-state index is 12.6. The van der Waals surface area contributed by atoms with Crippen LogP contribution in [0.4, 0.5) is 18.9 Å². The molecule has 6 heteroatoms. The average Bonchev–Trinajstić information content (AvgIpc) is 2.35. The van der Waals surface area contributed by atoms with Crippen molar-refractivity contribution in [1.29, 1.82) is 0 Å². The largest absolute Gasteiger partial charge is 0.405 e. The summed E-state index contributed by atoms with van der Waals surface area (Å²) >= 11 is 3.43. The van der Waals surface area contributed by atoms with Crippen LogP contribution in [0.2, 0.25) is 0 Å². The molecular weight excluding hydrogens is 333 g/mol. The van der Waals surface area contributed by atoms with Crippen LogP contribution in [0.1, 0.15) is 25.8 Å². The Kier molecular flexibility index (Phi) is 6.82. The molecule has 0 amide bonds. The van der Waals surface area contributed by atoms with Gasteiger partial charge in [-0.25, -0.2) is 0 Å². The number of benzene rings is 1. The van der Waals surface area contributed by atoms with Crippen molar-refractivity contribution >= 4 is 21.6 Å². The lowest BCUT2D eigenvalue weighted by Gasteiger charge is -2.26. The van der Waals surface area contributed by atoms with Crippen molar-refractivity contribution in [1.82, 2.24) is 5.32 Å². The lowest BCUT2D eigenvalue weighted by Crippen LogP contribution is -2.34. The van der Waals surface area contributed by atoms with Crippen molar-refractivity contribution in [3.63, 3.8) is 0 Å². The summed E-state index contributed by atoms with van der Waals surface area (Å²) in [5, 5.41) is 3.19. The third-order valence-electron chi connectivity index (χ3n) is 2.83. The van der Waals surface area contributed by atoms with Gasteiger partial charge in [0.15, 0.2) is 0 Å². The molecule has 0 saturated heterocycles. The third-order valence-corrected chi connectivity index (χ3v) is 3.57. The highest BCUT2D eigenvalue weighted by molar-refractivity contribution is 9.10. The maximum Gasteiger partial charge on any atom is 0.405 e. The summed E-state index contributed by atoms with van der Waals surface area (Å²) in [5.41, 5.74) is 1.63. The number of nitrogens with zero attached hydrogens (tertiary/aromatic N) is 1. The third kappa shape index (κ3) is 5.71. The maximum absolute atomic E-state index is 12.6. The van der Waals surface area contributed by atoms with E-state index >= 15 is 0 Å². The van der Waals surface area contributed by atoms with E-state index < -0.39 is 12.7 Å². The molecule has 0 bridgehead atoms. The van der Waals surface area contributed by atoms with Crippen molar-refractivity contribution < 1.29 is 13.2 Å². The molecule has 1 aromatic rings. The van der Waals surface area contributed by atoms with E-state index in [1.54, 1.807) is 12.1 Å². The predicted octanol–water partition coefficient (Wildman–Crippen LogP) is 4.34. The van der Waals surface area contributed by atoms with Crippen LogP contribution in [0.3, 0.4) is 0 Å². The van der Waals surface area contributed by atoms with Crippen molar-refractivity contribution in [3.05, 3.63) is 28.2 Å². The number of alkyl halides is 3. The van der Waals surface area contributed by atoms with Crippen LogP contribution in [0.5, 0.6) is 0 Å². The first-order chi connectivity index (χ1) is 9.37. The zero-order valence-corrected chi connectivity index (χ0v) is 13.3. The second kappa shape index (κ2) is 7.88. The number of hydrogen-bond acceptors (Lipinski definition) is 2. The molecule has 0 atom stereocenters. The van der Waals surface area contributed by atoms with E-state index in [0.29, 0.717) is 25.2 Å². The number of halogens is 4. The summed E-state index contributed by atoms with van der Waals surface area (Å²) in [6.45, 7) is 4.90. The average molecular weight is 353 g/mol. The minimum absolute atomic E-state index is 0.387. The lowest BCUT2D eigenvalue weighted by molar-refractivity contribution is -0.119. The highest BCUT2D eigenvalue weighted by Crippen LogP contribution is 2.27. The Hall–Kier alpha value is -0.750. The zero-order chi connectivity index (χ0) is 15.2. The molecule has 114 valence electrons. The Morgan fingerprint density at radius 3 is 2.45 bits per heavy atom. The quantitative estimate of drug-likeness (QED) is 0.785. The standard InChI is InChI=1S/C14H20BrF3N2/c1-3-7-20(10-14(16,17)18)12-6-5-11(9-19-4-2)13(15)8-12/h5-6,8,19H,3-4,7,9-10H2,1-2H3. The number of rotatable bonds is 7. The normalized spacial score (nSPS) is 11.7. The molecule has 0 unspecified atom stereocenters. The van der Waals surface area contributed by atoms with E-state index in [1.807, 2.05) is 19.9 Å². The van der Waals surface area contributed by atoms with Crippen LogP contribution in [0.25, 0.3) is 0 Å². The molecule has 2 nitrogen and oxygen atoms in total. The lowest BCUT2D eigenvalue weighted by atomic mass is 10.2. The zero-order valence-electron chi connectivity index (χ0n) is 11.7. The van der Waals surface area contributed by atoms with Gasteiger partial charge in [-0.3, -0.25) is 0 Å². The fourth-order valence-corrected chi connectivity index (χ4v) is 2.43. The highest BCUT2D eigenvalue weighted by Gasteiger charge is 2.30. The molecule has 1 rings (SSSR count). The van der Waals surface area contributed by atoms with E-state index in [1.165, 1.54) is 4.90 Å². The topological polar surface area (TPSA) is 15.3 Å². The van der Waals surface area contributed by atoms with Crippen LogP contribution in [0, 0.1) is 0 Å². The van der Waals surface area contributed by atoms with Crippen molar-refractivity contribution in [2.45, 2.75) is 33.0 Å². The molecule has 20 heavy (non-hydrogen) atoms. The highest BCUT2D eigenvalue weighted by atomic mass is 79.9. The SMILES string of the molecule is CCCN(CC(F)(F)F)c1ccc(CNCC)c(Br)c1. The summed E-state index contributed by atoms with van der Waals surface area (Å²) in [6.07, 6.45) is -3.52. The van der Waals surface area contributed by atoms with Gasteiger partial charge in [0.05, 0.1) is 0 Å². The van der Waals surface area contributed by atoms with Gasteiger partial charge in [-0.1, -0.05) is 35.8 Å². The van der Waals surface area contributed by atoms with Gasteiger partial charge < -0.3 is 10.2 Å². The van der Waals surface area contributed by atoms with Crippen LogP contribution >= 0.6 is 15.9 Å². The van der Waals surface area contributed by atoms with Crippen molar-refractivity contribution in [2.24, 2.45) is 0 Å². The molecule has 0 fully saturated rings. The van der Waals surface area contributed by atoms with E-state index in [0.717, 1.165) is 16.6 Å². The predicted molar refractivity (Wildman–Crippen MR) is 80.1 cm³/mol. The molecule has 0 aliphatic heterocycles. The minimum Gasteiger partial charge on any atom is -0.363 e. The minimum atomic E-state index is -4.19. The Bertz CT molecular complexity index is 421. The van der Waals surface area contributed by atoms with Crippen molar-refractivity contribution in [3.8, 4) is 0 Å². The Labute approximate surface area is 126 Å². The molecule has 0 aliphatic carbocycles. The number of hydrogen-bond donors (Lipinski definition) is 1. The van der Waals surface area contributed by atoms with Crippen molar-refractivity contribution in [2.75, 3.05) is 24.5 Å². The fourth-order valence-electron chi connectivity index (χ4n) is 1.92. The van der Waals surface area contributed by atoms with E-state index in [4.69, 9.17) is 0 Å². The van der Waals surface area contributed by atoms with Gasteiger partial charge in [0.25, 0.3) is 0 Å². The molecule has 0 heterocycles. The molecule has 0 spiro atoms. The van der Waals surface area contributed by atoms with Crippen LogP contribution < -0.4 is 10.2 Å². The molecular formula is C14H20BrF3N2. The van der Waals surface area contributed by atoms with Crippen LogP contribution in [-0.2, 0) is 6.54 Å². The van der Waals surface area contributed by atoms with Gasteiger partial charge in [0, 0.05) is 23.2 Å². The summed E-state index contributed by atoms with van der Waals surface area (Å²) in [7, 11) is 0. The van der Waals surface area contributed by atoms with Crippen LogP contribution in [-0.4, -0.2) is 25.8 Å². The van der Waals surface area contributed by atoms with Gasteiger partial charge in [-0.05, 0) is 30.7 Å². The monoisotopic (exact) mass is 352 g/mol. The Morgan fingerprint density at radius 2 is 1.95 bits per heavy atom. The summed E-state index contributed by atoms with van der Waals surface area (Å²) < 4.78 is 38.6. The molecule has 1 aromatic carbocycles. The smallest absolute Gasteiger partial charge is 0.363 e. The van der Waals surface area contributed by atoms with Gasteiger partial charge in [0.2, 0.25) is 0 Å². The fraction of sp³-hybridized carbons (Fsp3) is 0.571. The van der Waals surface area contributed by atoms with Gasteiger partial charge in [-0.2, -0.15) is 13.2 Å². The number of nitrogens with one attached hydrogen (secondary N) is 1. The van der Waals surface area contributed by atoms with Gasteiger partial charge in [0.1, 0.15) is 6.54 Å². The summed E-state index contributed by atoms with van der Waals surface area (Å²) in [6, 6.07) is 5.37. The molecule has 0 saturated carbocycles. The van der Waals surface area contributed by atoms with Gasteiger partial charge >= 0.3 is 6.18 Å². The van der Waals surface area contributed by atoms with Gasteiger partial charge in [-0.15, -0.1) is 0 Å². The molecule has 0 aromatic heterocycles. The Morgan fingerprint density at radius 1 is 1.25 bits per heavy atom. The number of anilines is 1. The molecule has 1 N–H and O–H groups in total. The second-order valence-electron chi connectivity index (χ2n) is 4.59. The molecule has 0 radical (unpaired) electrons.